The molecule has 21 heavy (non-hydrogen) atoms. The van der Waals surface area contributed by atoms with Gasteiger partial charge in [-0.3, -0.25) is 0 Å². The van der Waals surface area contributed by atoms with Gasteiger partial charge in [0.1, 0.15) is 0 Å². The van der Waals surface area contributed by atoms with Crippen molar-refractivity contribution in [1.82, 2.24) is 14.3 Å². The van der Waals surface area contributed by atoms with E-state index >= 15 is 0 Å². The summed E-state index contributed by atoms with van der Waals surface area (Å²) in [6, 6.07) is -0.475. The molecular weight excluding hydrogens is 290 g/mol. The van der Waals surface area contributed by atoms with E-state index in [1.165, 1.54) is 17.1 Å². The molecule has 0 aromatic rings. The SMILES string of the molecule is CN(C1CCCCC1)S(=O)(=O)NC(=O)NC1CCCCC1. The van der Waals surface area contributed by atoms with Gasteiger partial charge in [-0.25, -0.2) is 9.52 Å². The molecule has 2 amide bonds. The molecule has 0 aromatic carbocycles. The largest absolute Gasteiger partial charge is 0.335 e. The van der Waals surface area contributed by atoms with Gasteiger partial charge >= 0.3 is 16.2 Å². The van der Waals surface area contributed by atoms with Crippen molar-refractivity contribution in [3.63, 3.8) is 0 Å². The zero-order chi connectivity index (χ0) is 15.3. The maximum absolute atomic E-state index is 12.2. The number of nitrogens with zero attached hydrogens (tertiary/aromatic N) is 1. The number of urea groups is 1. The number of carbonyl (C=O) groups is 1. The summed E-state index contributed by atoms with van der Waals surface area (Å²) < 4.78 is 27.9. The van der Waals surface area contributed by atoms with Crippen molar-refractivity contribution >= 4 is 16.2 Å². The first kappa shape index (κ1) is 16.5. The van der Waals surface area contributed by atoms with Gasteiger partial charge in [0.2, 0.25) is 0 Å². The van der Waals surface area contributed by atoms with E-state index < -0.39 is 16.2 Å². The van der Waals surface area contributed by atoms with Crippen molar-refractivity contribution in [3.8, 4) is 0 Å². The predicted molar refractivity (Wildman–Crippen MR) is 82.1 cm³/mol. The van der Waals surface area contributed by atoms with Gasteiger partial charge in [-0.15, -0.1) is 0 Å². The second kappa shape index (κ2) is 7.45. The fourth-order valence-corrected chi connectivity index (χ4v) is 4.33. The minimum absolute atomic E-state index is 0.0127. The molecule has 0 heterocycles. The van der Waals surface area contributed by atoms with Crippen LogP contribution in [-0.4, -0.2) is 37.9 Å². The van der Waals surface area contributed by atoms with Gasteiger partial charge < -0.3 is 5.32 Å². The highest BCUT2D eigenvalue weighted by molar-refractivity contribution is 7.87. The molecular formula is C14H27N3O3S. The second-order valence-electron chi connectivity index (χ2n) is 6.22. The highest BCUT2D eigenvalue weighted by atomic mass is 32.2. The fraction of sp³-hybridized carbons (Fsp3) is 0.929. The summed E-state index contributed by atoms with van der Waals surface area (Å²) in [5, 5.41) is 2.78. The Morgan fingerprint density at radius 1 is 0.952 bits per heavy atom. The quantitative estimate of drug-likeness (QED) is 0.833. The number of rotatable bonds is 4. The summed E-state index contributed by atoms with van der Waals surface area (Å²) in [7, 11) is -2.18. The van der Waals surface area contributed by atoms with Crippen LogP contribution >= 0.6 is 0 Å². The Labute approximate surface area is 127 Å². The van der Waals surface area contributed by atoms with E-state index in [2.05, 4.69) is 10.0 Å². The molecule has 6 nitrogen and oxygen atoms in total. The van der Waals surface area contributed by atoms with E-state index in [0.29, 0.717) is 0 Å². The average Bonchev–Trinajstić information content (AvgIpc) is 2.47. The minimum atomic E-state index is -3.74. The second-order valence-corrected chi connectivity index (χ2v) is 7.95. The lowest BCUT2D eigenvalue weighted by atomic mass is 9.96. The van der Waals surface area contributed by atoms with Gasteiger partial charge in [0.25, 0.3) is 0 Å². The minimum Gasteiger partial charge on any atom is -0.335 e. The molecule has 2 aliphatic rings. The molecule has 0 aliphatic heterocycles. The lowest BCUT2D eigenvalue weighted by Crippen LogP contribution is -2.51. The summed E-state index contributed by atoms with van der Waals surface area (Å²) in [4.78, 5) is 11.9. The highest BCUT2D eigenvalue weighted by Gasteiger charge is 2.29. The first-order chi connectivity index (χ1) is 9.99. The van der Waals surface area contributed by atoms with Crippen molar-refractivity contribution in [2.45, 2.75) is 76.3 Å². The van der Waals surface area contributed by atoms with Crippen molar-refractivity contribution in [2.75, 3.05) is 7.05 Å². The third-order valence-corrected chi connectivity index (χ3v) is 6.13. The van der Waals surface area contributed by atoms with E-state index in [1.54, 1.807) is 7.05 Å². The van der Waals surface area contributed by atoms with Crippen LogP contribution in [0.15, 0.2) is 0 Å². The molecule has 2 N–H and O–H groups in total. The lowest BCUT2D eigenvalue weighted by molar-refractivity contribution is 0.235. The Bertz CT molecular complexity index is 440. The zero-order valence-electron chi connectivity index (χ0n) is 12.8. The Morgan fingerprint density at radius 3 is 2.05 bits per heavy atom. The molecule has 0 atom stereocenters. The molecule has 0 saturated heterocycles. The normalized spacial score (nSPS) is 22.2. The first-order valence-corrected chi connectivity index (χ1v) is 9.49. The molecule has 122 valence electrons. The third-order valence-electron chi connectivity index (χ3n) is 4.63. The van der Waals surface area contributed by atoms with Crippen molar-refractivity contribution in [3.05, 3.63) is 0 Å². The zero-order valence-corrected chi connectivity index (χ0v) is 13.6. The molecule has 2 saturated carbocycles. The van der Waals surface area contributed by atoms with Crippen LogP contribution in [0.2, 0.25) is 0 Å². The molecule has 0 aromatic heterocycles. The standard InChI is InChI=1S/C14H27N3O3S/c1-17(13-10-6-3-7-11-13)21(19,20)16-14(18)15-12-8-4-2-5-9-12/h12-13H,2-11H2,1H3,(H2,15,16,18). The van der Waals surface area contributed by atoms with Crippen LogP contribution in [0.25, 0.3) is 0 Å². The summed E-state index contributed by atoms with van der Waals surface area (Å²) in [5.41, 5.74) is 0. The number of carbonyl (C=O) groups excluding carboxylic acids is 1. The maximum atomic E-state index is 12.2. The Kier molecular flexibility index (Phi) is 5.87. The monoisotopic (exact) mass is 317 g/mol. The topological polar surface area (TPSA) is 78.5 Å². The van der Waals surface area contributed by atoms with Crippen LogP contribution in [0.5, 0.6) is 0 Å². The molecule has 2 aliphatic carbocycles. The first-order valence-electron chi connectivity index (χ1n) is 8.05. The van der Waals surface area contributed by atoms with E-state index in [4.69, 9.17) is 0 Å². The summed E-state index contributed by atoms with van der Waals surface area (Å²) in [5.74, 6) is 0. The molecule has 0 bridgehead atoms. The van der Waals surface area contributed by atoms with Gasteiger partial charge in [-0.2, -0.15) is 12.7 Å². The van der Waals surface area contributed by atoms with Crippen LogP contribution in [0.4, 0.5) is 4.79 Å². The van der Waals surface area contributed by atoms with Gasteiger partial charge in [0.15, 0.2) is 0 Å². The third kappa shape index (κ3) is 4.85. The smallest absolute Gasteiger partial charge is 0.329 e. The van der Waals surface area contributed by atoms with E-state index in [9.17, 15) is 13.2 Å². The van der Waals surface area contributed by atoms with Crippen LogP contribution in [0.3, 0.4) is 0 Å². The number of hydrogen-bond donors (Lipinski definition) is 2. The maximum Gasteiger partial charge on any atom is 0.329 e. The number of nitrogens with one attached hydrogen (secondary N) is 2. The van der Waals surface area contributed by atoms with Crippen molar-refractivity contribution in [2.24, 2.45) is 0 Å². The number of hydrogen-bond acceptors (Lipinski definition) is 3. The summed E-state index contributed by atoms with van der Waals surface area (Å²) in [6.45, 7) is 0. The molecule has 2 rings (SSSR count). The summed E-state index contributed by atoms with van der Waals surface area (Å²) >= 11 is 0. The van der Waals surface area contributed by atoms with Gasteiger partial charge in [-0.05, 0) is 25.7 Å². The van der Waals surface area contributed by atoms with Crippen molar-refractivity contribution in [1.29, 1.82) is 0 Å². The lowest BCUT2D eigenvalue weighted by Gasteiger charge is -2.30. The Hall–Kier alpha value is -0.820. The van der Waals surface area contributed by atoms with Crippen LogP contribution in [0.1, 0.15) is 64.2 Å². The fourth-order valence-electron chi connectivity index (χ4n) is 3.29. The molecule has 0 spiro atoms. The van der Waals surface area contributed by atoms with Crippen molar-refractivity contribution < 1.29 is 13.2 Å². The van der Waals surface area contributed by atoms with E-state index in [1.807, 2.05) is 0 Å². The molecule has 2 fully saturated rings. The molecule has 7 heteroatoms. The Balaban J connectivity index is 1.85. The van der Waals surface area contributed by atoms with Crippen LogP contribution in [-0.2, 0) is 10.2 Å². The highest BCUT2D eigenvalue weighted by Crippen LogP contribution is 2.23. The van der Waals surface area contributed by atoms with Crippen LogP contribution < -0.4 is 10.0 Å². The van der Waals surface area contributed by atoms with E-state index in [-0.39, 0.29) is 12.1 Å². The van der Waals surface area contributed by atoms with Gasteiger partial charge in [0.05, 0.1) is 0 Å². The van der Waals surface area contributed by atoms with E-state index in [0.717, 1.165) is 51.4 Å². The predicted octanol–water partition coefficient (Wildman–Crippen LogP) is 2.13. The molecule has 0 radical (unpaired) electrons. The van der Waals surface area contributed by atoms with Gasteiger partial charge in [0, 0.05) is 19.1 Å². The summed E-state index contributed by atoms with van der Waals surface area (Å²) in [6.07, 6.45) is 10.3. The Morgan fingerprint density at radius 2 is 1.48 bits per heavy atom. The van der Waals surface area contributed by atoms with Gasteiger partial charge in [-0.1, -0.05) is 38.5 Å². The average molecular weight is 317 g/mol. The number of amides is 2. The molecule has 0 unspecified atom stereocenters. The van der Waals surface area contributed by atoms with Crippen LogP contribution in [0, 0.1) is 0 Å².